The zero-order valence-corrected chi connectivity index (χ0v) is 18.8. The molecule has 4 rings (SSSR count). The maximum atomic E-state index is 13.3. The molecule has 170 valence electrons. The van der Waals surface area contributed by atoms with Gasteiger partial charge in [0.25, 0.3) is 5.91 Å². The number of carbonyl (C=O) groups excluding carboxylic acids is 2. The second-order valence-corrected chi connectivity index (χ2v) is 8.65. The Morgan fingerprint density at radius 1 is 0.848 bits per heavy atom. The predicted molar refractivity (Wildman–Crippen MR) is 131 cm³/mol. The minimum atomic E-state index is -0.635. The molecule has 3 aromatic rings. The molecule has 0 spiro atoms. The highest BCUT2D eigenvalue weighted by Gasteiger charge is 2.27. The Kier molecular flexibility index (Phi) is 7.88. The van der Waals surface area contributed by atoms with Crippen LogP contribution in [0.15, 0.2) is 91.0 Å². The first-order valence-corrected chi connectivity index (χ1v) is 11.6. The molecule has 0 bridgehead atoms. The van der Waals surface area contributed by atoms with Gasteiger partial charge in [-0.2, -0.15) is 0 Å². The lowest BCUT2D eigenvalue weighted by molar-refractivity contribution is -0.124. The monoisotopic (exact) mass is 441 g/mol. The Balaban J connectivity index is 1.41. The van der Waals surface area contributed by atoms with Gasteiger partial charge >= 0.3 is 0 Å². The highest BCUT2D eigenvalue weighted by atomic mass is 16.2. The van der Waals surface area contributed by atoms with Crippen LogP contribution in [0.1, 0.15) is 34.3 Å². The number of hydrogen-bond donors (Lipinski definition) is 2. The van der Waals surface area contributed by atoms with Gasteiger partial charge < -0.3 is 10.6 Å². The van der Waals surface area contributed by atoms with Crippen molar-refractivity contribution in [3.8, 4) is 0 Å². The first kappa shape index (κ1) is 22.7. The lowest BCUT2D eigenvalue weighted by atomic mass is 10.0. The third kappa shape index (κ3) is 6.77. The first-order chi connectivity index (χ1) is 16.2. The molecule has 1 heterocycles. The van der Waals surface area contributed by atoms with Crippen molar-refractivity contribution in [3.63, 3.8) is 0 Å². The molecule has 1 fully saturated rings. The molecule has 2 N–H and O–H groups in total. The summed E-state index contributed by atoms with van der Waals surface area (Å²) in [4.78, 5) is 28.5. The fourth-order valence-electron chi connectivity index (χ4n) is 4.35. The van der Waals surface area contributed by atoms with Gasteiger partial charge in [0.1, 0.15) is 6.04 Å². The van der Waals surface area contributed by atoms with Crippen LogP contribution in [0.5, 0.6) is 0 Å². The van der Waals surface area contributed by atoms with Crippen molar-refractivity contribution in [2.45, 2.75) is 37.9 Å². The standard InChI is InChI=1S/C28H31N3O2/c32-27(24-15-8-3-9-16-24)30-26(19-22-11-4-1-5-12-22)28(33)29-25-17-10-18-31(21-25)20-23-13-6-2-7-14-23/h1-9,11-16,25-26H,10,17-21H2,(H,29,33)(H,30,32). The highest BCUT2D eigenvalue weighted by molar-refractivity contribution is 5.97. The van der Waals surface area contributed by atoms with Crippen molar-refractivity contribution < 1.29 is 9.59 Å². The zero-order chi connectivity index (χ0) is 22.9. The summed E-state index contributed by atoms with van der Waals surface area (Å²) in [6, 6.07) is 28.7. The predicted octanol–water partition coefficient (Wildman–Crippen LogP) is 3.81. The molecule has 2 amide bonds. The van der Waals surface area contributed by atoms with E-state index in [0.717, 1.165) is 38.0 Å². The number of carbonyl (C=O) groups is 2. The summed E-state index contributed by atoms with van der Waals surface area (Å²) in [5, 5.41) is 6.17. The van der Waals surface area contributed by atoms with Crippen molar-refractivity contribution in [1.82, 2.24) is 15.5 Å². The van der Waals surface area contributed by atoms with Crippen molar-refractivity contribution in [2.75, 3.05) is 13.1 Å². The summed E-state index contributed by atoms with van der Waals surface area (Å²) < 4.78 is 0. The van der Waals surface area contributed by atoms with Crippen LogP contribution in [-0.4, -0.2) is 41.9 Å². The Morgan fingerprint density at radius 3 is 2.12 bits per heavy atom. The van der Waals surface area contributed by atoms with Gasteiger partial charge in [0.15, 0.2) is 0 Å². The van der Waals surface area contributed by atoms with Gasteiger partial charge in [-0.25, -0.2) is 0 Å². The van der Waals surface area contributed by atoms with Gasteiger partial charge in [-0.3, -0.25) is 14.5 Å². The minimum absolute atomic E-state index is 0.0712. The van der Waals surface area contributed by atoms with Gasteiger partial charge in [0, 0.05) is 31.1 Å². The molecule has 5 heteroatoms. The van der Waals surface area contributed by atoms with E-state index in [-0.39, 0.29) is 17.9 Å². The second-order valence-electron chi connectivity index (χ2n) is 8.65. The Labute approximate surface area is 195 Å². The Bertz CT molecular complexity index is 1020. The summed E-state index contributed by atoms with van der Waals surface area (Å²) in [6.45, 7) is 2.72. The van der Waals surface area contributed by atoms with Gasteiger partial charge in [-0.15, -0.1) is 0 Å². The minimum Gasteiger partial charge on any atom is -0.350 e. The molecule has 3 aromatic carbocycles. The highest BCUT2D eigenvalue weighted by Crippen LogP contribution is 2.14. The SMILES string of the molecule is O=C(NC(Cc1ccccc1)C(=O)NC1CCCN(Cc2ccccc2)C1)c1ccccc1. The van der Waals surface area contributed by atoms with E-state index in [2.05, 4.69) is 39.8 Å². The van der Waals surface area contributed by atoms with E-state index in [1.165, 1.54) is 5.56 Å². The molecular weight excluding hydrogens is 410 g/mol. The first-order valence-electron chi connectivity index (χ1n) is 11.6. The number of likely N-dealkylation sites (tertiary alicyclic amines) is 1. The lowest BCUT2D eigenvalue weighted by Crippen LogP contribution is -2.54. The van der Waals surface area contributed by atoms with Crippen LogP contribution >= 0.6 is 0 Å². The van der Waals surface area contributed by atoms with E-state index >= 15 is 0 Å². The fraction of sp³-hybridized carbons (Fsp3) is 0.286. The van der Waals surface area contributed by atoms with E-state index in [0.29, 0.717) is 12.0 Å². The average Bonchev–Trinajstić information content (AvgIpc) is 2.85. The lowest BCUT2D eigenvalue weighted by Gasteiger charge is -2.34. The molecule has 0 aromatic heterocycles. The maximum Gasteiger partial charge on any atom is 0.251 e. The molecule has 5 nitrogen and oxygen atoms in total. The van der Waals surface area contributed by atoms with Crippen LogP contribution in [0, 0.1) is 0 Å². The number of hydrogen-bond acceptors (Lipinski definition) is 3. The molecule has 2 unspecified atom stereocenters. The van der Waals surface area contributed by atoms with E-state index in [1.54, 1.807) is 12.1 Å². The van der Waals surface area contributed by atoms with Crippen LogP contribution in [0.4, 0.5) is 0 Å². The van der Waals surface area contributed by atoms with Crippen molar-refractivity contribution >= 4 is 11.8 Å². The van der Waals surface area contributed by atoms with Gasteiger partial charge in [-0.1, -0.05) is 78.9 Å². The number of piperidine rings is 1. The van der Waals surface area contributed by atoms with Crippen LogP contribution < -0.4 is 10.6 Å². The fourth-order valence-corrected chi connectivity index (χ4v) is 4.35. The molecule has 1 aliphatic rings. The third-order valence-corrected chi connectivity index (χ3v) is 6.04. The van der Waals surface area contributed by atoms with E-state index in [1.807, 2.05) is 54.6 Å². The van der Waals surface area contributed by atoms with Crippen LogP contribution in [0.3, 0.4) is 0 Å². The van der Waals surface area contributed by atoms with E-state index in [9.17, 15) is 9.59 Å². The molecule has 0 aliphatic carbocycles. The third-order valence-electron chi connectivity index (χ3n) is 6.04. The normalized spacial score (nSPS) is 17.2. The second kappa shape index (κ2) is 11.4. The largest absolute Gasteiger partial charge is 0.350 e. The molecule has 33 heavy (non-hydrogen) atoms. The summed E-state index contributed by atoms with van der Waals surface area (Å²) in [5.74, 6) is -0.365. The van der Waals surface area contributed by atoms with Crippen molar-refractivity contribution in [2.24, 2.45) is 0 Å². The number of nitrogens with zero attached hydrogens (tertiary/aromatic N) is 1. The molecule has 0 saturated carbocycles. The van der Waals surface area contributed by atoms with Gasteiger partial charge in [0.05, 0.1) is 0 Å². The molecule has 1 saturated heterocycles. The number of benzene rings is 3. The van der Waals surface area contributed by atoms with Gasteiger partial charge in [-0.05, 0) is 42.6 Å². The molecule has 2 atom stereocenters. The van der Waals surface area contributed by atoms with Crippen molar-refractivity contribution in [3.05, 3.63) is 108 Å². The maximum absolute atomic E-state index is 13.3. The molecule has 0 radical (unpaired) electrons. The summed E-state index contributed by atoms with van der Waals surface area (Å²) in [5.41, 5.74) is 2.84. The zero-order valence-electron chi connectivity index (χ0n) is 18.8. The van der Waals surface area contributed by atoms with Gasteiger partial charge in [0.2, 0.25) is 5.91 Å². The van der Waals surface area contributed by atoms with Crippen LogP contribution in [-0.2, 0) is 17.8 Å². The van der Waals surface area contributed by atoms with E-state index in [4.69, 9.17) is 0 Å². The van der Waals surface area contributed by atoms with Crippen molar-refractivity contribution in [1.29, 1.82) is 0 Å². The Hall–Kier alpha value is -3.44. The summed E-state index contributed by atoms with van der Waals surface area (Å²) in [7, 11) is 0. The van der Waals surface area contributed by atoms with Crippen LogP contribution in [0.25, 0.3) is 0 Å². The summed E-state index contributed by atoms with van der Waals surface area (Å²) in [6.07, 6.45) is 2.44. The Morgan fingerprint density at radius 2 is 1.45 bits per heavy atom. The topological polar surface area (TPSA) is 61.4 Å². The number of nitrogens with one attached hydrogen (secondary N) is 2. The number of amides is 2. The average molecular weight is 442 g/mol. The summed E-state index contributed by atoms with van der Waals surface area (Å²) >= 11 is 0. The quantitative estimate of drug-likeness (QED) is 0.559. The van der Waals surface area contributed by atoms with E-state index < -0.39 is 6.04 Å². The number of rotatable bonds is 8. The smallest absolute Gasteiger partial charge is 0.251 e. The molecular formula is C28H31N3O2. The molecule has 1 aliphatic heterocycles. The van der Waals surface area contributed by atoms with Crippen LogP contribution in [0.2, 0.25) is 0 Å².